The molecule has 0 bridgehead atoms. The van der Waals surface area contributed by atoms with Crippen molar-refractivity contribution in [2.45, 2.75) is 0 Å². The van der Waals surface area contributed by atoms with E-state index in [1.165, 1.54) is 0 Å². The van der Waals surface area contributed by atoms with E-state index in [2.05, 4.69) is 13.5 Å². The van der Waals surface area contributed by atoms with Crippen LogP contribution in [0.4, 0.5) is 0 Å². The number of hydrogen-bond acceptors (Lipinski definition) is 2. The van der Waals surface area contributed by atoms with Gasteiger partial charge in [-0.05, 0) is 6.92 Å². The van der Waals surface area contributed by atoms with E-state index < -0.39 is 0 Å². The molecule has 0 rings (SSSR count). The molecular weight excluding hydrogens is 66.0 g/mol. The maximum atomic E-state index is 7.73. The maximum absolute atomic E-state index is 7.73. The second-order valence-corrected chi connectivity index (χ2v) is 0.715. The summed E-state index contributed by atoms with van der Waals surface area (Å²) in [6.45, 7) is 6.40. The minimum atomic E-state index is 0.310. The Morgan fingerprint density at radius 1 is 1.80 bits per heavy atom. The largest absolute Gasteiger partial charge is 0.291 e. The molecule has 0 aliphatic carbocycles. The minimum absolute atomic E-state index is 0.310. The van der Waals surface area contributed by atoms with E-state index in [1.54, 1.807) is 5.48 Å². The van der Waals surface area contributed by atoms with Crippen LogP contribution < -0.4 is 5.48 Å². The molecule has 0 aromatic carbocycles. The summed E-state index contributed by atoms with van der Waals surface area (Å²) in [6, 6.07) is 0. The molecule has 0 spiro atoms. The van der Waals surface area contributed by atoms with E-state index in [0.717, 1.165) is 0 Å². The molecule has 0 saturated heterocycles. The van der Waals surface area contributed by atoms with Crippen molar-refractivity contribution in [1.82, 2.24) is 5.48 Å². The first-order chi connectivity index (χ1) is 2.27. The molecule has 0 atom stereocenters. The molecule has 2 nitrogen and oxygen atoms in total. The van der Waals surface area contributed by atoms with Gasteiger partial charge in [-0.2, -0.15) is 0 Å². The van der Waals surface area contributed by atoms with Crippen LogP contribution in [0.2, 0.25) is 0 Å². The van der Waals surface area contributed by atoms with Gasteiger partial charge < -0.3 is 0 Å². The Hall–Kier alpha value is -0.500. The van der Waals surface area contributed by atoms with Gasteiger partial charge in [-0.25, -0.2) is 0 Å². The Morgan fingerprint density at radius 3 is 2.00 bits per heavy atom. The summed E-state index contributed by atoms with van der Waals surface area (Å²) in [4.78, 5) is 0. The number of rotatable bonds is 1. The van der Waals surface area contributed by atoms with E-state index in [1.807, 2.05) is 0 Å². The molecule has 0 aromatic rings. The average molecular weight is 72.1 g/mol. The molecule has 1 radical (unpaired) electrons. The van der Waals surface area contributed by atoms with Crippen LogP contribution in [-0.2, 0) is 0 Å². The third-order valence-electron chi connectivity index (χ3n) is 0.158. The van der Waals surface area contributed by atoms with Gasteiger partial charge in [0.2, 0.25) is 0 Å². The SMILES string of the molecule is [CH2]C(=C)NO. The van der Waals surface area contributed by atoms with Crippen LogP contribution >= 0.6 is 0 Å². The molecule has 0 aliphatic rings. The zero-order valence-electron chi connectivity index (χ0n) is 2.86. The molecule has 2 N–H and O–H groups in total. The smallest absolute Gasteiger partial charge is 0.0308 e. The summed E-state index contributed by atoms with van der Waals surface area (Å²) in [7, 11) is 0. The molecule has 2 heteroatoms. The lowest BCUT2D eigenvalue weighted by Crippen LogP contribution is -1.99. The van der Waals surface area contributed by atoms with Crippen LogP contribution in [0.3, 0.4) is 0 Å². The third kappa shape index (κ3) is 3.50. The Kier molecular flexibility index (Phi) is 1.61. The quantitative estimate of drug-likeness (QED) is 0.437. The van der Waals surface area contributed by atoms with E-state index in [4.69, 9.17) is 5.21 Å². The van der Waals surface area contributed by atoms with E-state index >= 15 is 0 Å². The zero-order valence-corrected chi connectivity index (χ0v) is 2.86. The van der Waals surface area contributed by atoms with Crippen LogP contribution in [0.25, 0.3) is 0 Å². The Morgan fingerprint density at radius 2 is 2.00 bits per heavy atom. The highest BCUT2D eigenvalue weighted by Crippen LogP contribution is 1.66. The second kappa shape index (κ2) is 1.79. The zero-order chi connectivity index (χ0) is 4.28. The molecule has 5 heavy (non-hydrogen) atoms. The van der Waals surface area contributed by atoms with Gasteiger partial charge in [0.15, 0.2) is 0 Å². The highest BCUT2D eigenvalue weighted by molar-refractivity contribution is 4.89. The second-order valence-electron chi connectivity index (χ2n) is 0.715. The summed E-state index contributed by atoms with van der Waals surface area (Å²) in [5, 5.41) is 7.73. The number of nitrogens with one attached hydrogen (secondary N) is 1. The first-order valence-electron chi connectivity index (χ1n) is 1.18. The first-order valence-corrected chi connectivity index (χ1v) is 1.18. The third-order valence-corrected chi connectivity index (χ3v) is 0.158. The van der Waals surface area contributed by atoms with Crippen molar-refractivity contribution in [1.29, 1.82) is 0 Å². The Balaban J connectivity index is 2.85. The number of hydroxylamine groups is 1. The monoisotopic (exact) mass is 72.0 g/mol. The topological polar surface area (TPSA) is 32.3 Å². The molecule has 0 fully saturated rings. The Bertz CT molecular complexity index is 42.2. The van der Waals surface area contributed by atoms with Gasteiger partial charge in [0, 0.05) is 5.70 Å². The highest BCUT2D eigenvalue weighted by atomic mass is 16.5. The number of allylic oxidation sites excluding steroid dienone is 1. The van der Waals surface area contributed by atoms with Crippen molar-refractivity contribution in [3.63, 3.8) is 0 Å². The lowest BCUT2D eigenvalue weighted by atomic mass is 10.6. The van der Waals surface area contributed by atoms with Crippen molar-refractivity contribution >= 4 is 0 Å². The molecule has 0 saturated carbocycles. The van der Waals surface area contributed by atoms with Gasteiger partial charge in [-0.15, -0.1) is 0 Å². The van der Waals surface area contributed by atoms with Crippen LogP contribution in [0.5, 0.6) is 0 Å². The summed E-state index contributed by atoms with van der Waals surface area (Å²) >= 11 is 0. The van der Waals surface area contributed by atoms with Crippen LogP contribution in [-0.4, -0.2) is 5.21 Å². The molecule has 0 aliphatic heterocycles. The summed E-state index contributed by atoms with van der Waals surface area (Å²) in [6.07, 6.45) is 0. The van der Waals surface area contributed by atoms with Crippen molar-refractivity contribution in [3.8, 4) is 0 Å². The fourth-order valence-electron chi connectivity index (χ4n) is 0. The number of hydrogen-bond donors (Lipinski definition) is 2. The molecule has 0 heterocycles. The van der Waals surface area contributed by atoms with Crippen molar-refractivity contribution in [3.05, 3.63) is 19.2 Å². The summed E-state index contributed by atoms with van der Waals surface area (Å²) in [5.41, 5.74) is 2.03. The predicted molar refractivity (Wildman–Crippen MR) is 19.4 cm³/mol. The van der Waals surface area contributed by atoms with Crippen LogP contribution in [0.15, 0.2) is 12.3 Å². The van der Waals surface area contributed by atoms with Gasteiger partial charge in [-0.3, -0.25) is 10.7 Å². The molecule has 0 unspecified atom stereocenters. The fourth-order valence-corrected chi connectivity index (χ4v) is 0. The van der Waals surface area contributed by atoms with Gasteiger partial charge >= 0.3 is 0 Å². The minimum Gasteiger partial charge on any atom is -0.291 e. The first kappa shape index (κ1) is 4.50. The fraction of sp³-hybridized carbons (Fsp3) is 0. The lowest BCUT2D eigenvalue weighted by molar-refractivity contribution is 0.205. The van der Waals surface area contributed by atoms with Gasteiger partial charge in [0.05, 0.1) is 0 Å². The van der Waals surface area contributed by atoms with Crippen LogP contribution in [0, 0.1) is 6.92 Å². The van der Waals surface area contributed by atoms with E-state index in [-0.39, 0.29) is 0 Å². The van der Waals surface area contributed by atoms with Crippen molar-refractivity contribution in [2.75, 3.05) is 0 Å². The standard InChI is InChI=1S/C3H6NO/c1-3(2)4-5/h4-5H,1-2H2. The maximum Gasteiger partial charge on any atom is 0.0308 e. The average Bonchev–Trinajstić information content (AvgIpc) is 1.38. The highest BCUT2D eigenvalue weighted by Gasteiger charge is 1.64. The molecule has 0 aromatic heterocycles. The molecule has 29 valence electrons. The summed E-state index contributed by atoms with van der Waals surface area (Å²) < 4.78 is 0. The van der Waals surface area contributed by atoms with E-state index in [9.17, 15) is 0 Å². The normalized spacial score (nSPS) is 6.80. The Labute approximate surface area is 31.1 Å². The van der Waals surface area contributed by atoms with Crippen molar-refractivity contribution < 1.29 is 5.21 Å². The summed E-state index contributed by atoms with van der Waals surface area (Å²) in [5.74, 6) is 0. The lowest BCUT2D eigenvalue weighted by Gasteiger charge is -1.85. The van der Waals surface area contributed by atoms with Gasteiger partial charge in [-0.1, -0.05) is 6.58 Å². The van der Waals surface area contributed by atoms with Crippen molar-refractivity contribution in [2.24, 2.45) is 0 Å². The molecule has 0 amide bonds. The van der Waals surface area contributed by atoms with E-state index in [0.29, 0.717) is 5.70 Å². The van der Waals surface area contributed by atoms with Crippen LogP contribution in [0.1, 0.15) is 0 Å². The van der Waals surface area contributed by atoms with Gasteiger partial charge in [0.25, 0.3) is 0 Å². The van der Waals surface area contributed by atoms with Gasteiger partial charge in [0.1, 0.15) is 0 Å². The predicted octanol–water partition coefficient (Wildman–Crippen LogP) is 0.313. The molecular formula is C3H6NO.